The van der Waals surface area contributed by atoms with Gasteiger partial charge in [-0.3, -0.25) is 9.59 Å². The summed E-state index contributed by atoms with van der Waals surface area (Å²) < 4.78 is 5.94. The van der Waals surface area contributed by atoms with Crippen LogP contribution in [0.15, 0.2) is 35.8 Å². The van der Waals surface area contributed by atoms with Crippen LogP contribution in [0, 0.1) is 5.92 Å². The Labute approximate surface area is 169 Å². The molecule has 0 bridgehead atoms. The van der Waals surface area contributed by atoms with Gasteiger partial charge in [0.15, 0.2) is 11.6 Å². The van der Waals surface area contributed by atoms with Crippen molar-refractivity contribution in [2.75, 3.05) is 18.5 Å². The van der Waals surface area contributed by atoms with Gasteiger partial charge in [-0.1, -0.05) is 25.3 Å². The van der Waals surface area contributed by atoms with Gasteiger partial charge in [0.05, 0.1) is 11.5 Å². The fraction of sp³-hybridized carbons (Fsp3) is 0.476. The summed E-state index contributed by atoms with van der Waals surface area (Å²) in [5, 5.41) is 7.52. The molecule has 1 aliphatic rings. The summed E-state index contributed by atoms with van der Waals surface area (Å²) in [6, 6.07) is 7.27. The first-order chi connectivity index (χ1) is 13.7. The van der Waals surface area contributed by atoms with E-state index in [4.69, 9.17) is 4.74 Å². The van der Waals surface area contributed by atoms with Crippen molar-refractivity contribution in [1.82, 2.24) is 10.3 Å². The Morgan fingerprint density at radius 1 is 1.18 bits per heavy atom. The van der Waals surface area contributed by atoms with Crippen molar-refractivity contribution in [3.05, 3.63) is 40.7 Å². The molecule has 1 fully saturated rings. The van der Waals surface area contributed by atoms with Crippen LogP contribution in [0.5, 0.6) is 5.75 Å². The number of thiophene rings is 1. The molecule has 7 heteroatoms. The summed E-state index contributed by atoms with van der Waals surface area (Å²) in [6.07, 6.45) is 8.79. The Hall–Kier alpha value is -2.41. The fourth-order valence-electron chi connectivity index (χ4n) is 3.30. The molecule has 2 amide bonds. The molecule has 2 aromatic heterocycles. The van der Waals surface area contributed by atoms with Crippen LogP contribution in [0.1, 0.15) is 54.6 Å². The summed E-state index contributed by atoms with van der Waals surface area (Å²) in [5.41, 5.74) is 0. The number of nitrogens with zero attached hydrogens (tertiary/aromatic N) is 1. The first kappa shape index (κ1) is 20.3. The second-order valence-corrected chi connectivity index (χ2v) is 8.00. The highest BCUT2D eigenvalue weighted by atomic mass is 32.1. The predicted molar refractivity (Wildman–Crippen MR) is 111 cm³/mol. The van der Waals surface area contributed by atoms with E-state index in [0.29, 0.717) is 48.4 Å². The Morgan fingerprint density at radius 2 is 2.04 bits per heavy atom. The molecular weight excluding hydrogens is 374 g/mol. The van der Waals surface area contributed by atoms with Gasteiger partial charge in [0.2, 0.25) is 5.91 Å². The molecule has 0 aromatic carbocycles. The average molecular weight is 402 g/mol. The summed E-state index contributed by atoms with van der Waals surface area (Å²) >= 11 is 1.40. The highest BCUT2D eigenvalue weighted by molar-refractivity contribution is 7.12. The molecule has 0 aliphatic heterocycles. The van der Waals surface area contributed by atoms with Crippen LogP contribution in [-0.4, -0.2) is 29.9 Å². The van der Waals surface area contributed by atoms with Crippen LogP contribution in [-0.2, 0) is 4.79 Å². The zero-order chi connectivity index (χ0) is 19.6. The van der Waals surface area contributed by atoms with Crippen molar-refractivity contribution in [3.8, 4) is 5.75 Å². The monoisotopic (exact) mass is 401 g/mol. The molecule has 150 valence electrons. The lowest BCUT2D eigenvalue weighted by Gasteiger charge is -2.22. The molecule has 0 unspecified atom stereocenters. The van der Waals surface area contributed by atoms with Gasteiger partial charge in [-0.25, -0.2) is 4.98 Å². The molecule has 3 rings (SSSR count). The number of hydrogen-bond donors (Lipinski definition) is 2. The van der Waals surface area contributed by atoms with Crippen LogP contribution in [0.4, 0.5) is 5.82 Å². The second kappa shape index (κ2) is 10.8. The number of nitrogens with one attached hydrogen (secondary N) is 2. The number of carbonyl (C=O) groups excluding carboxylic acids is 2. The maximum Gasteiger partial charge on any atom is 0.261 e. The first-order valence-electron chi connectivity index (χ1n) is 9.92. The van der Waals surface area contributed by atoms with Crippen molar-refractivity contribution in [3.63, 3.8) is 0 Å². The number of ether oxygens (including phenoxy) is 1. The van der Waals surface area contributed by atoms with E-state index in [-0.39, 0.29) is 11.8 Å². The summed E-state index contributed by atoms with van der Waals surface area (Å²) in [4.78, 5) is 29.0. The van der Waals surface area contributed by atoms with Crippen molar-refractivity contribution < 1.29 is 14.3 Å². The quantitative estimate of drug-likeness (QED) is 0.616. The van der Waals surface area contributed by atoms with E-state index >= 15 is 0 Å². The van der Waals surface area contributed by atoms with Crippen molar-refractivity contribution in [2.45, 2.75) is 44.9 Å². The number of anilines is 1. The van der Waals surface area contributed by atoms with E-state index in [1.807, 2.05) is 23.6 Å². The van der Waals surface area contributed by atoms with E-state index in [1.54, 1.807) is 12.3 Å². The van der Waals surface area contributed by atoms with Crippen molar-refractivity contribution in [2.24, 2.45) is 5.92 Å². The van der Waals surface area contributed by atoms with E-state index in [1.165, 1.54) is 43.4 Å². The highest BCUT2D eigenvalue weighted by Gasteiger charge is 2.16. The predicted octanol–water partition coefficient (Wildman–Crippen LogP) is 4.25. The molecule has 1 saturated carbocycles. The largest absolute Gasteiger partial charge is 0.489 e. The SMILES string of the molecule is O=C(CCCNC(=O)c1cccs1)Nc1ncccc1OCC1CCCCC1. The van der Waals surface area contributed by atoms with Gasteiger partial charge in [-0.2, -0.15) is 0 Å². The molecule has 6 nitrogen and oxygen atoms in total. The van der Waals surface area contributed by atoms with E-state index in [2.05, 4.69) is 15.6 Å². The second-order valence-electron chi connectivity index (χ2n) is 7.05. The molecule has 28 heavy (non-hydrogen) atoms. The van der Waals surface area contributed by atoms with Gasteiger partial charge in [-0.15, -0.1) is 11.3 Å². The number of rotatable bonds is 9. The lowest BCUT2D eigenvalue weighted by Crippen LogP contribution is -2.24. The average Bonchev–Trinajstić information content (AvgIpc) is 3.26. The minimum Gasteiger partial charge on any atom is -0.489 e. The number of hydrogen-bond acceptors (Lipinski definition) is 5. The Bertz CT molecular complexity index is 758. The lowest BCUT2D eigenvalue weighted by molar-refractivity contribution is -0.116. The van der Waals surface area contributed by atoms with Gasteiger partial charge in [0.25, 0.3) is 5.91 Å². The van der Waals surface area contributed by atoms with Crippen LogP contribution < -0.4 is 15.4 Å². The molecule has 0 radical (unpaired) electrons. The first-order valence-corrected chi connectivity index (χ1v) is 10.8. The smallest absolute Gasteiger partial charge is 0.261 e. The molecule has 0 saturated heterocycles. The third-order valence-electron chi connectivity index (χ3n) is 4.84. The Morgan fingerprint density at radius 3 is 2.82 bits per heavy atom. The van der Waals surface area contributed by atoms with Crippen LogP contribution in [0.3, 0.4) is 0 Å². The van der Waals surface area contributed by atoms with E-state index in [0.717, 1.165) is 0 Å². The standard InChI is InChI=1S/C21H27N3O3S/c25-19(11-5-13-23-21(26)18-10-6-14-28-18)24-20-17(9-4-12-22-20)27-15-16-7-2-1-3-8-16/h4,6,9-10,12,14,16H,1-3,5,7-8,11,13,15H2,(H,23,26)(H,22,24,25). The maximum atomic E-state index is 12.2. The maximum absolute atomic E-state index is 12.2. The van der Waals surface area contributed by atoms with Gasteiger partial charge >= 0.3 is 0 Å². The number of aromatic nitrogens is 1. The minimum absolute atomic E-state index is 0.0986. The molecular formula is C21H27N3O3S. The third kappa shape index (κ3) is 6.34. The molecule has 2 heterocycles. The molecule has 2 aromatic rings. The van der Waals surface area contributed by atoms with Crippen LogP contribution in [0.2, 0.25) is 0 Å². The summed E-state index contributed by atoms with van der Waals surface area (Å²) in [5.74, 6) is 1.44. The minimum atomic E-state index is -0.133. The number of carbonyl (C=O) groups is 2. The van der Waals surface area contributed by atoms with Crippen molar-refractivity contribution >= 4 is 29.0 Å². The normalized spacial score (nSPS) is 14.4. The van der Waals surface area contributed by atoms with E-state index < -0.39 is 0 Å². The van der Waals surface area contributed by atoms with Crippen LogP contribution in [0.25, 0.3) is 0 Å². The third-order valence-corrected chi connectivity index (χ3v) is 5.71. The molecule has 1 aliphatic carbocycles. The summed E-state index contributed by atoms with van der Waals surface area (Å²) in [7, 11) is 0. The fourth-order valence-corrected chi connectivity index (χ4v) is 3.94. The lowest BCUT2D eigenvalue weighted by atomic mass is 9.90. The highest BCUT2D eigenvalue weighted by Crippen LogP contribution is 2.27. The van der Waals surface area contributed by atoms with Gasteiger partial charge in [0.1, 0.15) is 0 Å². The zero-order valence-electron chi connectivity index (χ0n) is 16.0. The van der Waals surface area contributed by atoms with Gasteiger partial charge < -0.3 is 15.4 Å². The van der Waals surface area contributed by atoms with Crippen molar-refractivity contribution in [1.29, 1.82) is 0 Å². The van der Waals surface area contributed by atoms with Crippen LogP contribution >= 0.6 is 11.3 Å². The van der Waals surface area contributed by atoms with E-state index in [9.17, 15) is 9.59 Å². The molecule has 0 atom stereocenters. The Kier molecular flexibility index (Phi) is 7.84. The number of pyridine rings is 1. The van der Waals surface area contributed by atoms with Gasteiger partial charge in [-0.05, 0) is 48.8 Å². The Balaban J connectivity index is 1.40. The zero-order valence-corrected chi connectivity index (χ0v) is 16.8. The molecule has 0 spiro atoms. The topological polar surface area (TPSA) is 80.3 Å². The molecule has 2 N–H and O–H groups in total. The summed E-state index contributed by atoms with van der Waals surface area (Å²) in [6.45, 7) is 1.13. The van der Waals surface area contributed by atoms with Gasteiger partial charge in [0, 0.05) is 19.2 Å². The number of amides is 2.